The number of nitrogens with zero attached hydrogens (tertiary/aromatic N) is 2. The van der Waals surface area contributed by atoms with Crippen LogP contribution in [0.4, 0.5) is 0 Å². The molecule has 0 radical (unpaired) electrons. The molecule has 2 heterocycles. The Morgan fingerprint density at radius 2 is 2.21 bits per heavy atom. The van der Waals surface area contributed by atoms with E-state index in [1.165, 1.54) is 0 Å². The minimum Gasteiger partial charge on any atom is -0.464 e. The highest BCUT2D eigenvalue weighted by Gasteiger charge is 2.15. The van der Waals surface area contributed by atoms with Crippen molar-refractivity contribution in [1.82, 2.24) is 9.78 Å². The van der Waals surface area contributed by atoms with Gasteiger partial charge in [0.25, 0.3) is 0 Å². The predicted molar refractivity (Wildman–Crippen MR) is 72.8 cm³/mol. The monoisotopic (exact) mass is 256 g/mol. The summed E-state index contributed by atoms with van der Waals surface area (Å²) in [5.41, 5.74) is 2.67. The smallest absolute Gasteiger partial charge is 0.134 e. The molecule has 0 fully saturated rings. The molecule has 0 aliphatic carbocycles. The van der Waals surface area contributed by atoms with Crippen LogP contribution in [0.15, 0.2) is 47.3 Å². The quantitative estimate of drug-likeness (QED) is 0.780. The summed E-state index contributed by atoms with van der Waals surface area (Å²) in [6, 6.07) is 7.74. The minimum absolute atomic E-state index is 0.545. The van der Waals surface area contributed by atoms with E-state index >= 15 is 0 Å². The van der Waals surface area contributed by atoms with Crippen molar-refractivity contribution in [3.63, 3.8) is 0 Å². The number of benzene rings is 1. The zero-order valence-electron chi connectivity index (χ0n) is 10.8. The van der Waals surface area contributed by atoms with Gasteiger partial charge in [-0.3, -0.25) is 4.68 Å². The van der Waals surface area contributed by atoms with Crippen LogP contribution in [-0.2, 0) is 13.0 Å². The van der Waals surface area contributed by atoms with Gasteiger partial charge in [-0.05, 0) is 18.6 Å². The summed E-state index contributed by atoms with van der Waals surface area (Å²) in [7, 11) is 0. The van der Waals surface area contributed by atoms with Crippen LogP contribution >= 0.6 is 0 Å². The molecular weight excluding hydrogens is 240 g/mol. The number of aromatic nitrogens is 2. The molecule has 19 heavy (non-hydrogen) atoms. The Morgan fingerprint density at radius 3 is 3.00 bits per heavy atom. The van der Waals surface area contributed by atoms with Crippen molar-refractivity contribution in [1.29, 1.82) is 0 Å². The maximum absolute atomic E-state index is 10.3. The van der Waals surface area contributed by atoms with E-state index in [4.69, 9.17) is 4.42 Å². The van der Waals surface area contributed by atoms with E-state index in [0.717, 1.165) is 28.6 Å². The molecule has 4 nitrogen and oxygen atoms in total. The van der Waals surface area contributed by atoms with Crippen molar-refractivity contribution < 1.29 is 9.52 Å². The molecule has 0 amide bonds. The van der Waals surface area contributed by atoms with E-state index in [-0.39, 0.29) is 0 Å². The second kappa shape index (κ2) is 4.90. The van der Waals surface area contributed by atoms with Gasteiger partial charge in [-0.25, -0.2) is 0 Å². The van der Waals surface area contributed by atoms with E-state index in [1.54, 1.807) is 12.5 Å². The van der Waals surface area contributed by atoms with Crippen LogP contribution in [0, 0.1) is 0 Å². The zero-order valence-corrected chi connectivity index (χ0v) is 10.8. The highest BCUT2D eigenvalue weighted by molar-refractivity contribution is 5.81. The van der Waals surface area contributed by atoms with Crippen molar-refractivity contribution in [3.8, 4) is 0 Å². The molecule has 0 bridgehead atoms. The van der Waals surface area contributed by atoms with Crippen molar-refractivity contribution in [2.75, 3.05) is 0 Å². The summed E-state index contributed by atoms with van der Waals surface area (Å²) < 4.78 is 7.31. The first-order valence-corrected chi connectivity index (χ1v) is 6.43. The first-order chi connectivity index (χ1) is 9.28. The Bertz CT molecular complexity index is 684. The molecule has 0 saturated heterocycles. The molecule has 0 aliphatic heterocycles. The van der Waals surface area contributed by atoms with Gasteiger partial charge in [0.1, 0.15) is 5.58 Å². The van der Waals surface area contributed by atoms with Crippen LogP contribution in [-0.4, -0.2) is 14.9 Å². The molecule has 98 valence electrons. The van der Waals surface area contributed by atoms with Gasteiger partial charge in [0, 0.05) is 30.1 Å². The Labute approximate surface area is 111 Å². The highest BCUT2D eigenvalue weighted by atomic mass is 16.3. The number of aliphatic hydroxyl groups excluding tert-OH is 1. The highest BCUT2D eigenvalue weighted by Crippen LogP contribution is 2.28. The minimum atomic E-state index is -0.571. The third-order valence-corrected chi connectivity index (χ3v) is 3.31. The number of aryl methyl sites for hydroxylation is 1. The Kier molecular flexibility index (Phi) is 3.09. The van der Waals surface area contributed by atoms with Crippen molar-refractivity contribution in [2.45, 2.75) is 26.0 Å². The fourth-order valence-corrected chi connectivity index (χ4v) is 2.27. The van der Waals surface area contributed by atoms with Crippen LogP contribution in [0.2, 0.25) is 0 Å². The lowest BCUT2D eigenvalue weighted by atomic mass is 10.0. The fraction of sp³-hybridized carbons (Fsp3) is 0.267. The summed E-state index contributed by atoms with van der Waals surface area (Å²) in [5.74, 6) is 0. The summed E-state index contributed by atoms with van der Waals surface area (Å²) in [4.78, 5) is 0. The van der Waals surface area contributed by atoms with Gasteiger partial charge >= 0.3 is 0 Å². The third-order valence-electron chi connectivity index (χ3n) is 3.31. The standard InChI is InChI=1S/C15H16N2O2/c1-2-17-9-11(8-16-17)7-14(18)13-10-19-15-6-4-3-5-12(13)15/h3-6,8-10,14,18H,2,7H2,1H3. The van der Waals surface area contributed by atoms with Crippen molar-refractivity contribution in [3.05, 3.63) is 54.0 Å². The van der Waals surface area contributed by atoms with Gasteiger partial charge in [-0.1, -0.05) is 18.2 Å². The van der Waals surface area contributed by atoms with Gasteiger partial charge in [0.15, 0.2) is 0 Å². The molecular formula is C15H16N2O2. The first kappa shape index (κ1) is 12.0. The normalized spacial score (nSPS) is 12.9. The average molecular weight is 256 g/mol. The number of fused-ring (bicyclic) bond motifs is 1. The van der Waals surface area contributed by atoms with Gasteiger partial charge < -0.3 is 9.52 Å². The van der Waals surface area contributed by atoms with Crippen molar-refractivity contribution in [2.24, 2.45) is 0 Å². The lowest BCUT2D eigenvalue weighted by molar-refractivity contribution is 0.179. The van der Waals surface area contributed by atoms with E-state index in [0.29, 0.717) is 6.42 Å². The Hall–Kier alpha value is -2.07. The molecule has 1 N–H and O–H groups in total. The third kappa shape index (κ3) is 2.27. The number of hydrogen-bond donors (Lipinski definition) is 1. The Morgan fingerprint density at radius 1 is 1.37 bits per heavy atom. The van der Waals surface area contributed by atoms with Gasteiger partial charge in [-0.15, -0.1) is 0 Å². The molecule has 2 aromatic heterocycles. The molecule has 1 atom stereocenters. The zero-order chi connectivity index (χ0) is 13.2. The predicted octanol–water partition coefficient (Wildman–Crippen LogP) is 2.93. The van der Waals surface area contributed by atoms with E-state index in [9.17, 15) is 5.11 Å². The largest absolute Gasteiger partial charge is 0.464 e. The van der Waals surface area contributed by atoms with Crippen LogP contribution in [0.5, 0.6) is 0 Å². The van der Waals surface area contributed by atoms with Crippen LogP contribution < -0.4 is 0 Å². The van der Waals surface area contributed by atoms with E-state index in [1.807, 2.05) is 42.1 Å². The Balaban J connectivity index is 1.85. The second-order valence-electron chi connectivity index (χ2n) is 4.61. The van der Waals surface area contributed by atoms with E-state index in [2.05, 4.69) is 5.10 Å². The van der Waals surface area contributed by atoms with Gasteiger partial charge in [-0.2, -0.15) is 5.10 Å². The molecule has 3 aromatic rings. The lowest BCUT2D eigenvalue weighted by Gasteiger charge is -2.07. The maximum Gasteiger partial charge on any atom is 0.134 e. The van der Waals surface area contributed by atoms with Crippen molar-refractivity contribution >= 4 is 11.0 Å². The average Bonchev–Trinajstić information content (AvgIpc) is 3.04. The van der Waals surface area contributed by atoms with Crippen LogP contribution in [0.25, 0.3) is 11.0 Å². The molecule has 0 aliphatic rings. The molecule has 1 aromatic carbocycles. The molecule has 0 spiro atoms. The fourth-order valence-electron chi connectivity index (χ4n) is 2.27. The maximum atomic E-state index is 10.3. The van der Waals surface area contributed by atoms with E-state index < -0.39 is 6.10 Å². The summed E-state index contributed by atoms with van der Waals surface area (Å²) in [6.45, 7) is 2.88. The number of furan rings is 1. The lowest BCUT2D eigenvalue weighted by Crippen LogP contribution is -2.00. The first-order valence-electron chi connectivity index (χ1n) is 6.43. The molecule has 1 unspecified atom stereocenters. The van der Waals surface area contributed by atoms with Gasteiger partial charge in [0.2, 0.25) is 0 Å². The summed E-state index contributed by atoms with van der Waals surface area (Å²) >= 11 is 0. The second-order valence-corrected chi connectivity index (χ2v) is 4.61. The summed E-state index contributed by atoms with van der Waals surface area (Å²) in [5, 5.41) is 15.5. The summed E-state index contributed by atoms with van der Waals surface area (Å²) in [6.07, 6.45) is 5.38. The molecule has 4 heteroatoms. The number of rotatable bonds is 4. The van der Waals surface area contributed by atoms with Crippen LogP contribution in [0.3, 0.4) is 0 Å². The molecule has 0 saturated carbocycles. The SMILES string of the molecule is CCn1cc(CC(O)c2coc3ccccc23)cn1. The number of hydrogen-bond acceptors (Lipinski definition) is 3. The molecule has 3 rings (SSSR count). The number of aliphatic hydroxyl groups is 1. The van der Waals surface area contributed by atoms with Crippen LogP contribution in [0.1, 0.15) is 24.2 Å². The number of para-hydroxylation sites is 1. The topological polar surface area (TPSA) is 51.2 Å². The van der Waals surface area contributed by atoms with Gasteiger partial charge in [0.05, 0.1) is 18.6 Å².